The summed E-state index contributed by atoms with van der Waals surface area (Å²) in [5.41, 5.74) is 3.19. The van der Waals surface area contributed by atoms with Crippen molar-refractivity contribution in [2.45, 2.75) is 24.9 Å². The summed E-state index contributed by atoms with van der Waals surface area (Å²) in [6, 6.07) is 13.3. The van der Waals surface area contributed by atoms with E-state index in [9.17, 15) is 14.4 Å². The van der Waals surface area contributed by atoms with Gasteiger partial charge in [0.1, 0.15) is 5.54 Å². The monoisotopic (exact) mass is 458 g/mol. The third kappa shape index (κ3) is 2.75. The molecule has 3 amide bonds. The zero-order valence-corrected chi connectivity index (χ0v) is 19.1. The number of carbonyl (C=O) groups excluding carboxylic acids is 3. The van der Waals surface area contributed by atoms with Crippen molar-refractivity contribution < 1.29 is 19.1 Å². The molecule has 8 nitrogen and oxygen atoms in total. The number of para-hydroxylation sites is 1. The van der Waals surface area contributed by atoms with Crippen LogP contribution in [0.4, 0.5) is 5.69 Å². The second-order valence-electron chi connectivity index (χ2n) is 9.45. The van der Waals surface area contributed by atoms with Crippen molar-refractivity contribution in [1.82, 2.24) is 15.2 Å². The number of aryl methyl sites for hydroxylation is 1. The summed E-state index contributed by atoms with van der Waals surface area (Å²) in [6.45, 7) is 2.39. The predicted octanol–water partition coefficient (Wildman–Crippen LogP) is 2.09. The molecule has 8 heteroatoms. The Morgan fingerprint density at radius 1 is 1.09 bits per heavy atom. The highest BCUT2D eigenvalue weighted by molar-refractivity contribution is 6.15. The van der Waals surface area contributed by atoms with E-state index < -0.39 is 17.4 Å². The molecule has 3 aliphatic rings. The fraction of sp³-hybridized carbons (Fsp3) is 0.346. The molecule has 4 heterocycles. The first-order valence-electron chi connectivity index (χ1n) is 11.5. The van der Waals surface area contributed by atoms with Crippen molar-refractivity contribution in [2.75, 3.05) is 25.6 Å². The van der Waals surface area contributed by atoms with Gasteiger partial charge < -0.3 is 15.0 Å². The topological polar surface area (TPSA) is 104 Å². The van der Waals surface area contributed by atoms with E-state index >= 15 is 0 Å². The zero-order chi connectivity index (χ0) is 23.6. The number of hydrogen-bond donors (Lipinski definition) is 3. The van der Waals surface area contributed by atoms with Crippen molar-refractivity contribution in [1.29, 1.82) is 0 Å². The molecule has 0 saturated carbocycles. The Labute approximate surface area is 196 Å². The number of H-pyrrole nitrogens is 1. The van der Waals surface area contributed by atoms with Crippen LogP contribution < -0.4 is 10.6 Å². The van der Waals surface area contributed by atoms with Gasteiger partial charge in [-0.15, -0.1) is 0 Å². The number of amides is 3. The number of rotatable bonds is 5. The van der Waals surface area contributed by atoms with Crippen LogP contribution in [0.15, 0.2) is 48.7 Å². The molecule has 1 aromatic heterocycles. The van der Waals surface area contributed by atoms with Gasteiger partial charge in [-0.2, -0.15) is 0 Å². The maximum atomic E-state index is 13.7. The number of nitrogens with one attached hydrogen (secondary N) is 3. The number of likely N-dealkylation sites (tertiary alicyclic amines) is 1. The molecule has 34 heavy (non-hydrogen) atoms. The van der Waals surface area contributed by atoms with Crippen LogP contribution in [0.3, 0.4) is 0 Å². The van der Waals surface area contributed by atoms with E-state index in [0.29, 0.717) is 12.1 Å². The van der Waals surface area contributed by atoms with E-state index in [0.717, 1.165) is 27.6 Å². The Morgan fingerprint density at radius 3 is 2.74 bits per heavy atom. The lowest BCUT2D eigenvalue weighted by molar-refractivity contribution is -0.143. The Balaban J connectivity index is 1.47. The average molecular weight is 459 g/mol. The second-order valence-corrected chi connectivity index (χ2v) is 9.45. The largest absolute Gasteiger partial charge is 0.383 e. The van der Waals surface area contributed by atoms with Crippen molar-refractivity contribution in [3.05, 3.63) is 65.4 Å². The van der Waals surface area contributed by atoms with E-state index in [1.807, 2.05) is 55.6 Å². The second kappa shape index (κ2) is 7.51. The van der Waals surface area contributed by atoms with Crippen LogP contribution in [0.1, 0.15) is 16.7 Å². The molecule has 4 atom stereocenters. The van der Waals surface area contributed by atoms with Crippen LogP contribution in [-0.2, 0) is 31.1 Å². The Kier molecular flexibility index (Phi) is 4.65. The molecule has 6 rings (SSSR count). The van der Waals surface area contributed by atoms with Crippen molar-refractivity contribution in [3.8, 4) is 0 Å². The van der Waals surface area contributed by atoms with Gasteiger partial charge in [0.2, 0.25) is 17.7 Å². The minimum atomic E-state index is -1.28. The minimum absolute atomic E-state index is 0.180. The summed E-state index contributed by atoms with van der Waals surface area (Å²) in [7, 11) is 1.54. The Hall–Kier alpha value is -3.49. The van der Waals surface area contributed by atoms with E-state index in [2.05, 4.69) is 15.6 Å². The van der Waals surface area contributed by atoms with Gasteiger partial charge in [-0.3, -0.25) is 24.6 Å². The van der Waals surface area contributed by atoms with Gasteiger partial charge in [-0.05, 0) is 31.0 Å². The summed E-state index contributed by atoms with van der Waals surface area (Å²) in [5, 5.41) is 7.55. The van der Waals surface area contributed by atoms with Crippen molar-refractivity contribution in [3.63, 3.8) is 0 Å². The van der Waals surface area contributed by atoms with E-state index in [1.165, 1.54) is 12.0 Å². The molecule has 174 valence electrons. The quantitative estimate of drug-likeness (QED) is 0.508. The number of fused-ring (bicyclic) bond motifs is 5. The van der Waals surface area contributed by atoms with Gasteiger partial charge in [0.05, 0.1) is 25.0 Å². The fourth-order valence-corrected chi connectivity index (χ4v) is 6.09. The van der Waals surface area contributed by atoms with Crippen LogP contribution in [0, 0.1) is 18.8 Å². The molecule has 2 saturated heterocycles. The molecule has 0 bridgehead atoms. The smallest absolute Gasteiger partial charge is 0.250 e. The number of anilines is 1. The van der Waals surface area contributed by atoms with Gasteiger partial charge in [0, 0.05) is 41.5 Å². The first-order valence-corrected chi connectivity index (χ1v) is 11.5. The SMILES string of the molecule is COCCN1C(=O)[C@@H]2C(Cc3c[nH]c4ccccc34)NC3(C(=O)Nc4ccc(C)cc43)[C@@H]2C1=O. The van der Waals surface area contributed by atoms with E-state index in [-0.39, 0.29) is 36.9 Å². The van der Waals surface area contributed by atoms with Gasteiger partial charge in [-0.25, -0.2) is 0 Å². The number of methoxy groups -OCH3 is 1. The summed E-state index contributed by atoms with van der Waals surface area (Å²) < 4.78 is 5.15. The highest BCUT2D eigenvalue weighted by Gasteiger charge is 2.70. The Bertz CT molecular complexity index is 1350. The lowest BCUT2D eigenvalue weighted by atomic mass is 9.76. The molecular formula is C26H26N4O4. The number of hydrogen-bond acceptors (Lipinski definition) is 5. The third-order valence-electron chi connectivity index (χ3n) is 7.60. The molecule has 2 aromatic carbocycles. The predicted molar refractivity (Wildman–Crippen MR) is 126 cm³/mol. The number of aromatic amines is 1. The molecule has 2 unspecified atom stereocenters. The molecular weight excluding hydrogens is 432 g/mol. The normalized spacial score (nSPS) is 27.6. The first-order chi connectivity index (χ1) is 16.5. The summed E-state index contributed by atoms with van der Waals surface area (Å²) >= 11 is 0. The molecule has 3 aromatic rings. The maximum absolute atomic E-state index is 13.7. The number of carbonyl (C=O) groups is 3. The summed E-state index contributed by atoms with van der Waals surface area (Å²) in [5.74, 6) is -2.29. The Morgan fingerprint density at radius 2 is 1.91 bits per heavy atom. The molecule has 0 aliphatic carbocycles. The number of imide groups is 1. The van der Waals surface area contributed by atoms with Gasteiger partial charge in [0.15, 0.2) is 0 Å². The van der Waals surface area contributed by atoms with Gasteiger partial charge in [-0.1, -0.05) is 35.9 Å². The van der Waals surface area contributed by atoms with Crippen LogP contribution >= 0.6 is 0 Å². The number of aromatic nitrogens is 1. The van der Waals surface area contributed by atoms with Crippen LogP contribution in [0.5, 0.6) is 0 Å². The first kappa shape index (κ1) is 21.1. The molecule has 3 N–H and O–H groups in total. The lowest BCUT2D eigenvalue weighted by Crippen LogP contribution is -2.53. The van der Waals surface area contributed by atoms with Crippen LogP contribution in [0.2, 0.25) is 0 Å². The van der Waals surface area contributed by atoms with Gasteiger partial charge in [0.25, 0.3) is 0 Å². The summed E-state index contributed by atoms with van der Waals surface area (Å²) in [4.78, 5) is 45.4. The zero-order valence-electron chi connectivity index (χ0n) is 19.1. The molecule has 2 fully saturated rings. The van der Waals surface area contributed by atoms with Crippen LogP contribution in [0.25, 0.3) is 10.9 Å². The summed E-state index contributed by atoms with van der Waals surface area (Å²) in [6.07, 6.45) is 2.46. The van der Waals surface area contributed by atoms with Gasteiger partial charge >= 0.3 is 0 Å². The number of nitrogens with zero attached hydrogens (tertiary/aromatic N) is 1. The van der Waals surface area contributed by atoms with Crippen LogP contribution in [-0.4, -0.2) is 53.9 Å². The van der Waals surface area contributed by atoms with Crippen molar-refractivity contribution >= 4 is 34.3 Å². The average Bonchev–Trinajstić information content (AvgIpc) is 3.53. The minimum Gasteiger partial charge on any atom is -0.383 e. The highest BCUT2D eigenvalue weighted by atomic mass is 16.5. The van der Waals surface area contributed by atoms with E-state index in [4.69, 9.17) is 4.74 Å². The molecule has 3 aliphatic heterocycles. The van der Waals surface area contributed by atoms with Crippen molar-refractivity contribution in [2.24, 2.45) is 11.8 Å². The van der Waals surface area contributed by atoms with E-state index in [1.54, 1.807) is 0 Å². The standard InChI is InChI=1S/C26H26N4O4/c1-14-7-8-19-17(11-14)26(25(33)28-19)22-21(23(31)30(24(22)32)9-10-34-2)20(29-26)12-15-13-27-18-6-4-3-5-16(15)18/h3-8,11,13,20-22,27,29H,9-10,12H2,1-2H3,(H,28,33)/t20?,21-,22+,26?/m1/s1. The number of benzene rings is 2. The number of ether oxygens (including phenoxy) is 1. The maximum Gasteiger partial charge on any atom is 0.250 e. The molecule has 1 spiro atoms. The lowest BCUT2D eigenvalue weighted by Gasteiger charge is -2.29. The third-order valence-corrected chi connectivity index (χ3v) is 7.60. The molecule has 0 radical (unpaired) electrons. The highest BCUT2D eigenvalue weighted by Crippen LogP contribution is 2.53. The fourth-order valence-electron chi connectivity index (χ4n) is 6.09.